The molecule has 1 heterocycles. The minimum atomic E-state index is -0.0517. The summed E-state index contributed by atoms with van der Waals surface area (Å²) in [5.41, 5.74) is 0.972. The van der Waals surface area contributed by atoms with E-state index in [0.717, 1.165) is 23.5 Å². The van der Waals surface area contributed by atoms with Crippen molar-refractivity contribution in [3.63, 3.8) is 0 Å². The lowest BCUT2D eigenvalue weighted by atomic mass is 10.1. The Bertz CT molecular complexity index is 498. The molecule has 2 rings (SSSR count). The fraction of sp³-hybridized carbons (Fsp3) is 0.267. The van der Waals surface area contributed by atoms with Gasteiger partial charge in [0.15, 0.2) is 0 Å². The minimum Gasteiger partial charge on any atom is -0.497 e. The van der Waals surface area contributed by atoms with E-state index >= 15 is 0 Å². The third-order valence-electron chi connectivity index (χ3n) is 2.88. The molecule has 1 N–H and O–H groups in total. The molecule has 19 heavy (non-hydrogen) atoms. The van der Waals surface area contributed by atoms with Gasteiger partial charge in [0.05, 0.1) is 20.3 Å². The Balaban J connectivity index is 2.13. The molecular formula is C15H17NO3. The molecule has 1 amide bonds. The van der Waals surface area contributed by atoms with Gasteiger partial charge in [0.1, 0.15) is 11.5 Å². The average molecular weight is 259 g/mol. The number of carbonyl (C=O) groups is 1. The van der Waals surface area contributed by atoms with Crippen LogP contribution in [0.3, 0.4) is 0 Å². The average Bonchev–Trinajstić information content (AvgIpc) is 2.44. The van der Waals surface area contributed by atoms with Crippen LogP contribution in [-0.4, -0.2) is 26.2 Å². The highest BCUT2D eigenvalue weighted by molar-refractivity contribution is 5.88. The summed E-state index contributed by atoms with van der Waals surface area (Å²) in [5.74, 6) is 1.43. The lowest BCUT2D eigenvalue weighted by Crippen LogP contribution is -2.34. The molecule has 1 unspecified atom stereocenters. The number of nitrogens with one attached hydrogen (secondary N) is 1. The summed E-state index contributed by atoms with van der Waals surface area (Å²) in [7, 11) is 3.24. The maximum atomic E-state index is 11.2. The maximum absolute atomic E-state index is 11.2. The summed E-state index contributed by atoms with van der Waals surface area (Å²) in [5, 5.41) is 2.87. The van der Waals surface area contributed by atoms with Crippen LogP contribution in [0, 0.1) is 0 Å². The highest BCUT2D eigenvalue weighted by atomic mass is 16.5. The van der Waals surface area contributed by atoms with Crippen molar-refractivity contribution in [3.8, 4) is 11.5 Å². The highest BCUT2D eigenvalue weighted by Crippen LogP contribution is 2.23. The number of hydrogen-bond acceptors (Lipinski definition) is 3. The topological polar surface area (TPSA) is 47.6 Å². The van der Waals surface area contributed by atoms with E-state index in [9.17, 15) is 4.79 Å². The number of amides is 1. The standard InChI is InChI=1S/C15H17NO3/c1-18-13-8-11(9-14(10-13)19-2)6-7-12-4-3-5-15(17)16-12/h3,5-10,12H,4H2,1-2H3,(H,16,17)/b7-6+. The van der Waals surface area contributed by atoms with Crippen LogP contribution >= 0.6 is 0 Å². The van der Waals surface area contributed by atoms with E-state index in [0.29, 0.717) is 0 Å². The predicted octanol–water partition coefficient (Wildman–Crippen LogP) is 2.16. The van der Waals surface area contributed by atoms with Crippen molar-refractivity contribution in [2.75, 3.05) is 14.2 Å². The summed E-state index contributed by atoms with van der Waals surface area (Å²) in [6.07, 6.45) is 8.16. The van der Waals surface area contributed by atoms with Crippen LogP contribution in [0.25, 0.3) is 6.08 Å². The lowest BCUT2D eigenvalue weighted by molar-refractivity contribution is -0.117. The van der Waals surface area contributed by atoms with Gasteiger partial charge in [-0.05, 0) is 30.2 Å². The van der Waals surface area contributed by atoms with Gasteiger partial charge >= 0.3 is 0 Å². The van der Waals surface area contributed by atoms with E-state index in [2.05, 4.69) is 5.32 Å². The number of carbonyl (C=O) groups excluding carboxylic acids is 1. The molecule has 1 aromatic rings. The summed E-state index contributed by atoms with van der Waals surface area (Å²) in [6, 6.07) is 5.69. The van der Waals surface area contributed by atoms with Gasteiger partial charge in [-0.15, -0.1) is 0 Å². The van der Waals surface area contributed by atoms with Crippen molar-refractivity contribution in [1.29, 1.82) is 0 Å². The van der Waals surface area contributed by atoms with Crippen LogP contribution in [0.2, 0.25) is 0 Å². The van der Waals surface area contributed by atoms with Gasteiger partial charge in [0, 0.05) is 6.07 Å². The first-order chi connectivity index (χ1) is 9.21. The van der Waals surface area contributed by atoms with Gasteiger partial charge < -0.3 is 14.8 Å². The van der Waals surface area contributed by atoms with Gasteiger partial charge in [-0.2, -0.15) is 0 Å². The molecule has 1 aliphatic rings. The van der Waals surface area contributed by atoms with E-state index in [1.54, 1.807) is 20.3 Å². The molecular weight excluding hydrogens is 242 g/mol. The Kier molecular flexibility index (Phi) is 4.23. The lowest BCUT2D eigenvalue weighted by Gasteiger charge is -2.15. The van der Waals surface area contributed by atoms with Gasteiger partial charge in [-0.3, -0.25) is 4.79 Å². The molecule has 1 atom stereocenters. The molecule has 1 aliphatic heterocycles. The first-order valence-corrected chi connectivity index (χ1v) is 6.09. The first-order valence-electron chi connectivity index (χ1n) is 6.09. The van der Waals surface area contributed by atoms with Crippen molar-refractivity contribution in [1.82, 2.24) is 5.32 Å². The van der Waals surface area contributed by atoms with Gasteiger partial charge in [0.25, 0.3) is 0 Å². The molecule has 1 aromatic carbocycles. The van der Waals surface area contributed by atoms with Crippen LogP contribution < -0.4 is 14.8 Å². The predicted molar refractivity (Wildman–Crippen MR) is 74.3 cm³/mol. The number of rotatable bonds is 4. The van der Waals surface area contributed by atoms with Crippen LogP contribution in [0.15, 0.2) is 36.4 Å². The Hall–Kier alpha value is -2.23. The zero-order chi connectivity index (χ0) is 13.7. The number of benzene rings is 1. The smallest absolute Gasteiger partial charge is 0.244 e. The van der Waals surface area contributed by atoms with Crippen molar-refractivity contribution in [3.05, 3.63) is 42.0 Å². The van der Waals surface area contributed by atoms with Gasteiger partial charge in [-0.25, -0.2) is 0 Å². The molecule has 0 spiro atoms. The normalized spacial score (nSPS) is 18.4. The molecule has 100 valence electrons. The second kappa shape index (κ2) is 6.09. The SMILES string of the molecule is COc1cc(/C=C/C2CC=CC(=O)N2)cc(OC)c1. The van der Waals surface area contributed by atoms with Crippen molar-refractivity contribution >= 4 is 12.0 Å². The second-order valence-electron chi connectivity index (χ2n) is 4.26. The van der Waals surface area contributed by atoms with Crippen LogP contribution in [0.5, 0.6) is 11.5 Å². The summed E-state index contributed by atoms with van der Waals surface area (Å²) >= 11 is 0. The maximum Gasteiger partial charge on any atom is 0.244 e. The molecule has 0 aliphatic carbocycles. The molecule has 0 bridgehead atoms. The van der Waals surface area contributed by atoms with Crippen LogP contribution in [-0.2, 0) is 4.79 Å². The Morgan fingerprint density at radius 3 is 2.47 bits per heavy atom. The molecule has 0 radical (unpaired) electrons. The quantitative estimate of drug-likeness (QED) is 0.901. The molecule has 0 saturated carbocycles. The zero-order valence-corrected chi connectivity index (χ0v) is 11.1. The fourth-order valence-electron chi connectivity index (χ4n) is 1.89. The number of ether oxygens (including phenoxy) is 2. The van der Waals surface area contributed by atoms with Crippen LogP contribution in [0.4, 0.5) is 0 Å². The van der Waals surface area contributed by atoms with E-state index in [4.69, 9.17) is 9.47 Å². The fourth-order valence-corrected chi connectivity index (χ4v) is 1.89. The third kappa shape index (κ3) is 3.61. The first kappa shape index (κ1) is 13.2. The zero-order valence-electron chi connectivity index (χ0n) is 11.1. The Morgan fingerprint density at radius 2 is 1.89 bits per heavy atom. The highest BCUT2D eigenvalue weighted by Gasteiger charge is 2.10. The molecule has 0 fully saturated rings. The second-order valence-corrected chi connectivity index (χ2v) is 4.26. The van der Waals surface area contributed by atoms with E-state index in [1.807, 2.05) is 36.4 Å². The third-order valence-corrected chi connectivity index (χ3v) is 2.88. The Morgan fingerprint density at radius 1 is 1.21 bits per heavy atom. The molecule has 4 heteroatoms. The molecule has 4 nitrogen and oxygen atoms in total. The Labute approximate surface area is 112 Å². The largest absolute Gasteiger partial charge is 0.497 e. The van der Waals surface area contributed by atoms with Gasteiger partial charge in [-0.1, -0.05) is 18.2 Å². The monoisotopic (exact) mass is 259 g/mol. The minimum absolute atomic E-state index is 0.0368. The summed E-state index contributed by atoms with van der Waals surface area (Å²) in [4.78, 5) is 11.2. The van der Waals surface area contributed by atoms with Crippen molar-refractivity contribution in [2.24, 2.45) is 0 Å². The van der Waals surface area contributed by atoms with Gasteiger partial charge in [0.2, 0.25) is 5.91 Å². The summed E-state index contributed by atoms with van der Waals surface area (Å²) in [6.45, 7) is 0. The number of hydrogen-bond donors (Lipinski definition) is 1. The van der Waals surface area contributed by atoms with Crippen molar-refractivity contribution < 1.29 is 14.3 Å². The van der Waals surface area contributed by atoms with Crippen LogP contribution in [0.1, 0.15) is 12.0 Å². The summed E-state index contributed by atoms with van der Waals surface area (Å²) < 4.78 is 10.4. The molecule has 0 aromatic heterocycles. The van der Waals surface area contributed by atoms with E-state index in [1.165, 1.54) is 0 Å². The van der Waals surface area contributed by atoms with E-state index in [-0.39, 0.29) is 11.9 Å². The number of methoxy groups -OCH3 is 2. The molecule has 0 saturated heterocycles. The van der Waals surface area contributed by atoms with E-state index < -0.39 is 0 Å². The van der Waals surface area contributed by atoms with Crippen molar-refractivity contribution in [2.45, 2.75) is 12.5 Å².